The summed E-state index contributed by atoms with van der Waals surface area (Å²) in [4.78, 5) is 11.8. The highest BCUT2D eigenvalue weighted by molar-refractivity contribution is 6.03. The summed E-state index contributed by atoms with van der Waals surface area (Å²) in [7, 11) is 0. The largest absolute Gasteiger partial charge is 0.294 e. The number of carbonyl (C=O) groups is 1. The van der Waals surface area contributed by atoms with E-state index in [0.717, 1.165) is 16.8 Å². The third-order valence-corrected chi connectivity index (χ3v) is 2.65. The van der Waals surface area contributed by atoms with Gasteiger partial charge in [-0.05, 0) is 6.42 Å². The van der Waals surface area contributed by atoms with Crippen LogP contribution in [0, 0.1) is 11.6 Å². The molecule has 17 heavy (non-hydrogen) atoms. The fourth-order valence-corrected chi connectivity index (χ4v) is 1.86. The number of ketones is 1. The molecule has 0 atom stereocenters. The molecule has 5 heteroatoms. The lowest BCUT2D eigenvalue weighted by atomic mass is 10.1. The molecule has 0 aliphatic heterocycles. The molecule has 2 heterocycles. The maximum atomic E-state index is 13.7. The Balaban J connectivity index is 2.83. The second-order valence-electron chi connectivity index (χ2n) is 3.75. The van der Waals surface area contributed by atoms with Crippen molar-refractivity contribution in [3.63, 3.8) is 0 Å². The Morgan fingerprint density at radius 2 is 2.12 bits per heavy atom. The first-order valence-electron chi connectivity index (χ1n) is 5.47. The van der Waals surface area contributed by atoms with E-state index in [1.165, 1.54) is 0 Å². The zero-order chi connectivity index (χ0) is 12.6. The molecule has 0 aliphatic carbocycles. The fraction of sp³-hybridized carbons (Fsp3) is 0.333. The summed E-state index contributed by atoms with van der Waals surface area (Å²) in [6.07, 6.45) is 1.85. The zero-order valence-corrected chi connectivity index (χ0v) is 9.63. The Hall–Kier alpha value is -1.78. The molecule has 0 bridgehead atoms. The van der Waals surface area contributed by atoms with Crippen molar-refractivity contribution in [3.05, 3.63) is 35.2 Å². The van der Waals surface area contributed by atoms with Gasteiger partial charge in [-0.25, -0.2) is 13.3 Å². The van der Waals surface area contributed by atoms with Gasteiger partial charge in [-0.2, -0.15) is 5.10 Å². The molecule has 3 nitrogen and oxygen atoms in total. The molecule has 0 N–H and O–H groups in total. The Bertz CT molecular complexity index is 590. The number of aromatic nitrogens is 2. The molecule has 0 spiro atoms. The van der Waals surface area contributed by atoms with Crippen molar-refractivity contribution in [2.45, 2.75) is 26.7 Å². The quantitative estimate of drug-likeness (QED) is 0.770. The van der Waals surface area contributed by atoms with E-state index in [4.69, 9.17) is 0 Å². The van der Waals surface area contributed by atoms with E-state index in [0.29, 0.717) is 12.1 Å². The molecule has 0 amide bonds. The normalized spacial score (nSPS) is 11.1. The standard InChI is InChI=1S/C12H12F2N2O/c1-3-9-11(10(17)4-2)12-8(14)5-7(13)6-16(12)15-9/h5-6H,3-4H2,1-2H3. The highest BCUT2D eigenvalue weighted by Crippen LogP contribution is 2.22. The van der Waals surface area contributed by atoms with Gasteiger partial charge in [-0.3, -0.25) is 4.79 Å². The number of nitrogens with zero attached hydrogens (tertiary/aromatic N) is 2. The first-order chi connectivity index (χ1) is 8.08. The molecule has 0 saturated carbocycles. The summed E-state index contributed by atoms with van der Waals surface area (Å²) in [5.74, 6) is -1.65. The Morgan fingerprint density at radius 1 is 1.41 bits per heavy atom. The average Bonchev–Trinajstić information content (AvgIpc) is 2.66. The predicted molar refractivity (Wildman–Crippen MR) is 59.1 cm³/mol. The predicted octanol–water partition coefficient (Wildman–Crippen LogP) is 2.77. The minimum Gasteiger partial charge on any atom is -0.294 e. The van der Waals surface area contributed by atoms with Gasteiger partial charge in [0.1, 0.15) is 11.3 Å². The van der Waals surface area contributed by atoms with E-state index in [1.54, 1.807) is 6.92 Å². The molecule has 0 unspecified atom stereocenters. The van der Waals surface area contributed by atoms with E-state index in [2.05, 4.69) is 5.10 Å². The van der Waals surface area contributed by atoms with Gasteiger partial charge in [0, 0.05) is 12.5 Å². The van der Waals surface area contributed by atoms with Gasteiger partial charge in [0.25, 0.3) is 0 Å². The molecule has 2 aromatic heterocycles. The monoisotopic (exact) mass is 238 g/mol. The number of Topliss-reactive ketones (excluding diaryl/α,β-unsaturated/α-hetero) is 1. The lowest BCUT2D eigenvalue weighted by Crippen LogP contribution is -2.01. The maximum Gasteiger partial charge on any atom is 0.166 e. The van der Waals surface area contributed by atoms with Crippen molar-refractivity contribution >= 4 is 11.3 Å². The molecule has 0 fully saturated rings. The number of aryl methyl sites for hydroxylation is 1. The molecule has 0 aliphatic rings. The van der Waals surface area contributed by atoms with E-state index in [9.17, 15) is 13.6 Å². The van der Waals surface area contributed by atoms with E-state index >= 15 is 0 Å². The number of carbonyl (C=O) groups excluding carboxylic acids is 1. The molecule has 0 saturated heterocycles. The van der Waals surface area contributed by atoms with Gasteiger partial charge >= 0.3 is 0 Å². The van der Waals surface area contributed by atoms with E-state index < -0.39 is 11.6 Å². The zero-order valence-electron chi connectivity index (χ0n) is 9.63. The highest BCUT2D eigenvalue weighted by atomic mass is 19.1. The second-order valence-corrected chi connectivity index (χ2v) is 3.75. The van der Waals surface area contributed by atoms with Gasteiger partial charge in [0.2, 0.25) is 0 Å². The molecular formula is C12H12F2N2O. The van der Waals surface area contributed by atoms with Crippen molar-refractivity contribution in [3.8, 4) is 0 Å². The van der Waals surface area contributed by atoms with Gasteiger partial charge in [-0.1, -0.05) is 13.8 Å². The van der Waals surface area contributed by atoms with Crippen LogP contribution in [0.4, 0.5) is 8.78 Å². The number of hydrogen-bond acceptors (Lipinski definition) is 2. The lowest BCUT2D eigenvalue weighted by molar-refractivity contribution is 0.0988. The number of hydrogen-bond donors (Lipinski definition) is 0. The number of pyridine rings is 1. The van der Waals surface area contributed by atoms with Gasteiger partial charge in [-0.15, -0.1) is 0 Å². The average molecular weight is 238 g/mol. The molecule has 2 aromatic rings. The first kappa shape index (κ1) is 11.7. The van der Waals surface area contributed by atoms with E-state index in [1.807, 2.05) is 6.92 Å². The number of fused-ring (bicyclic) bond motifs is 1. The SMILES string of the molecule is CCC(=O)c1c(CC)nn2cc(F)cc(F)c12. The van der Waals surface area contributed by atoms with E-state index in [-0.39, 0.29) is 23.3 Å². The summed E-state index contributed by atoms with van der Waals surface area (Å²) in [6, 6.07) is 0.767. The number of halogens is 2. The summed E-state index contributed by atoms with van der Waals surface area (Å²) in [6.45, 7) is 3.52. The van der Waals surface area contributed by atoms with Gasteiger partial charge in [0.15, 0.2) is 11.6 Å². The molecule has 90 valence electrons. The van der Waals surface area contributed by atoms with Crippen molar-refractivity contribution in [1.29, 1.82) is 0 Å². The van der Waals surface area contributed by atoms with Gasteiger partial charge < -0.3 is 0 Å². The molecular weight excluding hydrogens is 226 g/mol. The van der Waals surface area contributed by atoms with Crippen molar-refractivity contribution in [2.75, 3.05) is 0 Å². The fourth-order valence-electron chi connectivity index (χ4n) is 1.86. The Labute approximate surface area is 97.1 Å². The highest BCUT2D eigenvalue weighted by Gasteiger charge is 2.20. The van der Waals surface area contributed by atoms with Crippen molar-refractivity contribution in [1.82, 2.24) is 9.61 Å². The van der Waals surface area contributed by atoms with Crippen LogP contribution in [0.1, 0.15) is 36.3 Å². The van der Waals surface area contributed by atoms with Crippen LogP contribution in [0.15, 0.2) is 12.3 Å². The van der Waals surface area contributed by atoms with Crippen LogP contribution in [-0.2, 0) is 6.42 Å². The van der Waals surface area contributed by atoms with Crippen molar-refractivity contribution < 1.29 is 13.6 Å². The first-order valence-corrected chi connectivity index (χ1v) is 5.47. The summed E-state index contributed by atoms with van der Waals surface area (Å²) in [5, 5.41) is 4.04. The van der Waals surface area contributed by atoms with Crippen LogP contribution in [0.2, 0.25) is 0 Å². The van der Waals surface area contributed by atoms with Crippen LogP contribution < -0.4 is 0 Å². The van der Waals surface area contributed by atoms with Gasteiger partial charge in [0.05, 0.1) is 17.5 Å². The van der Waals surface area contributed by atoms with Crippen LogP contribution >= 0.6 is 0 Å². The minimum absolute atomic E-state index is 0.0649. The van der Waals surface area contributed by atoms with Crippen LogP contribution in [-0.4, -0.2) is 15.4 Å². The molecule has 2 rings (SSSR count). The smallest absolute Gasteiger partial charge is 0.166 e. The molecule has 0 aromatic carbocycles. The number of rotatable bonds is 3. The van der Waals surface area contributed by atoms with Crippen LogP contribution in [0.5, 0.6) is 0 Å². The third kappa shape index (κ3) is 1.81. The maximum absolute atomic E-state index is 13.7. The summed E-state index contributed by atoms with van der Waals surface area (Å²) >= 11 is 0. The van der Waals surface area contributed by atoms with Crippen LogP contribution in [0.3, 0.4) is 0 Å². The van der Waals surface area contributed by atoms with Crippen molar-refractivity contribution in [2.24, 2.45) is 0 Å². The summed E-state index contributed by atoms with van der Waals surface area (Å²) in [5.41, 5.74) is 0.837. The Morgan fingerprint density at radius 3 is 2.71 bits per heavy atom. The minimum atomic E-state index is -0.756. The third-order valence-electron chi connectivity index (χ3n) is 2.65. The molecule has 0 radical (unpaired) electrons. The topological polar surface area (TPSA) is 34.4 Å². The Kier molecular flexibility index (Phi) is 2.92. The second kappa shape index (κ2) is 4.24. The van der Waals surface area contributed by atoms with Crippen LogP contribution in [0.25, 0.3) is 5.52 Å². The lowest BCUT2D eigenvalue weighted by Gasteiger charge is -1.99. The summed E-state index contributed by atoms with van der Waals surface area (Å²) < 4.78 is 27.8.